The standard InChI is InChI=1S/C19H18FN3O3/c1-12(24)13-5-7-15(8-6-13)21-19(26)22-16-10-18(25)23(11-16)17-4-2-3-14(20)9-17/h2-9,16H,10-11H2,1H3,(H2,21,22,26)/t16-/m1/s1. The van der Waals surface area contributed by atoms with Gasteiger partial charge in [-0.25, -0.2) is 9.18 Å². The molecule has 6 nitrogen and oxygen atoms in total. The first-order valence-corrected chi connectivity index (χ1v) is 8.17. The van der Waals surface area contributed by atoms with Gasteiger partial charge in [0, 0.05) is 29.9 Å². The van der Waals surface area contributed by atoms with Gasteiger partial charge in [0.15, 0.2) is 5.78 Å². The van der Waals surface area contributed by atoms with E-state index >= 15 is 0 Å². The maximum absolute atomic E-state index is 13.3. The number of carbonyl (C=O) groups is 3. The molecule has 0 spiro atoms. The van der Waals surface area contributed by atoms with Gasteiger partial charge >= 0.3 is 6.03 Å². The van der Waals surface area contributed by atoms with E-state index in [2.05, 4.69) is 10.6 Å². The number of ketones is 1. The van der Waals surface area contributed by atoms with Crippen molar-refractivity contribution < 1.29 is 18.8 Å². The van der Waals surface area contributed by atoms with E-state index in [9.17, 15) is 18.8 Å². The Balaban J connectivity index is 1.58. The van der Waals surface area contributed by atoms with Gasteiger partial charge in [0.25, 0.3) is 0 Å². The van der Waals surface area contributed by atoms with Crippen LogP contribution in [0.15, 0.2) is 48.5 Å². The molecule has 1 aliphatic rings. The van der Waals surface area contributed by atoms with Crippen molar-refractivity contribution in [3.63, 3.8) is 0 Å². The van der Waals surface area contributed by atoms with Crippen LogP contribution in [0, 0.1) is 5.82 Å². The zero-order chi connectivity index (χ0) is 18.7. The summed E-state index contributed by atoms with van der Waals surface area (Å²) in [4.78, 5) is 37.0. The minimum absolute atomic E-state index is 0.0529. The minimum atomic E-state index is -0.445. The fourth-order valence-corrected chi connectivity index (χ4v) is 2.84. The van der Waals surface area contributed by atoms with Crippen molar-refractivity contribution in [2.45, 2.75) is 19.4 Å². The Kier molecular flexibility index (Phi) is 4.97. The molecule has 1 fully saturated rings. The van der Waals surface area contributed by atoms with E-state index < -0.39 is 11.8 Å². The van der Waals surface area contributed by atoms with E-state index in [1.165, 1.54) is 30.0 Å². The zero-order valence-corrected chi connectivity index (χ0v) is 14.2. The van der Waals surface area contributed by atoms with Gasteiger partial charge in [0.1, 0.15) is 5.82 Å². The second kappa shape index (κ2) is 7.35. The zero-order valence-electron chi connectivity index (χ0n) is 14.2. The first-order chi connectivity index (χ1) is 12.4. The highest BCUT2D eigenvalue weighted by molar-refractivity contribution is 5.98. The second-order valence-electron chi connectivity index (χ2n) is 6.12. The van der Waals surface area contributed by atoms with Gasteiger partial charge in [-0.05, 0) is 49.4 Å². The first kappa shape index (κ1) is 17.6. The van der Waals surface area contributed by atoms with Crippen LogP contribution < -0.4 is 15.5 Å². The van der Waals surface area contributed by atoms with Crippen LogP contribution in [-0.4, -0.2) is 30.3 Å². The number of hydrogen-bond donors (Lipinski definition) is 2. The van der Waals surface area contributed by atoms with E-state index in [0.717, 1.165) is 0 Å². The number of amides is 3. The van der Waals surface area contributed by atoms with Crippen LogP contribution in [0.2, 0.25) is 0 Å². The molecule has 1 aliphatic heterocycles. The Labute approximate surface area is 150 Å². The molecule has 134 valence electrons. The molecule has 1 heterocycles. The molecule has 2 N–H and O–H groups in total. The third-order valence-electron chi connectivity index (χ3n) is 4.13. The quantitative estimate of drug-likeness (QED) is 0.828. The molecule has 0 unspecified atom stereocenters. The molecule has 0 aromatic heterocycles. The van der Waals surface area contributed by atoms with Crippen molar-refractivity contribution in [1.82, 2.24) is 5.32 Å². The van der Waals surface area contributed by atoms with Gasteiger partial charge in [-0.3, -0.25) is 9.59 Å². The fraction of sp³-hybridized carbons (Fsp3) is 0.211. The molecule has 0 radical (unpaired) electrons. The molecular weight excluding hydrogens is 337 g/mol. The first-order valence-electron chi connectivity index (χ1n) is 8.17. The van der Waals surface area contributed by atoms with Gasteiger partial charge in [0.2, 0.25) is 5.91 Å². The molecule has 2 aromatic carbocycles. The number of anilines is 2. The maximum atomic E-state index is 13.3. The number of benzene rings is 2. The van der Waals surface area contributed by atoms with E-state index in [1.54, 1.807) is 30.3 Å². The van der Waals surface area contributed by atoms with Crippen LogP contribution in [0.4, 0.5) is 20.6 Å². The Bertz CT molecular complexity index is 851. The molecule has 0 bridgehead atoms. The van der Waals surface area contributed by atoms with Gasteiger partial charge in [-0.2, -0.15) is 0 Å². The molecule has 1 atom stereocenters. The maximum Gasteiger partial charge on any atom is 0.319 e. The average Bonchev–Trinajstić information content (AvgIpc) is 2.95. The monoisotopic (exact) mass is 355 g/mol. The summed E-state index contributed by atoms with van der Waals surface area (Å²) < 4.78 is 13.3. The Morgan fingerprint density at radius 1 is 1.15 bits per heavy atom. The van der Waals surface area contributed by atoms with Crippen molar-refractivity contribution in [2.24, 2.45) is 0 Å². The molecular formula is C19H18FN3O3. The predicted molar refractivity (Wildman–Crippen MR) is 95.8 cm³/mol. The van der Waals surface area contributed by atoms with Crippen molar-refractivity contribution in [1.29, 1.82) is 0 Å². The molecule has 3 amide bonds. The number of nitrogens with one attached hydrogen (secondary N) is 2. The SMILES string of the molecule is CC(=O)c1ccc(NC(=O)N[C@@H]2CC(=O)N(c3cccc(F)c3)C2)cc1. The predicted octanol–water partition coefficient (Wildman–Crippen LogP) is 2.96. The third kappa shape index (κ3) is 4.05. The summed E-state index contributed by atoms with van der Waals surface area (Å²) in [5.41, 5.74) is 1.57. The summed E-state index contributed by atoms with van der Waals surface area (Å²) in [5.74, 6) is -0.645. The van der Waals surface area contributed by atoms with Crippen LogP contribution in [0.1, 0.15) is 23.7 Å². The number of urea groups is 1. The van der Waals surface area contributed by atoms with Gasteiger partial charge < -0.3 is 15.5 Å². The number of Topliss-reactive ketones (excluding diaryl/α,β-unsaturated/α-hetero) is 1. The smallest absolute Gasteiger partial charge is 0.319 e. The van der Waals surface area contributed by atoms with E-state index in [-0.39, 0.29) is 30.7 Å². The second-order valence-corrected chi connectivity index (χ2v) is 6.12. The summed E-state index contributed by atoms with van der Waals surface area (Å²) in [6.07, 6.45) is 0.146. The largest absolute Gasteiger partial charge is 0.333 e. The van der Waals surface area contributed by atoms with Crippen LogP contribution in [-0.2, 0) is 4.79 Å². The molecule has 2 aromatic rings. The van der Waals surface area contributed by atoms with Crippen molar-refractivity contribution in [3.8, 4) is 0 Å². The molecule has 7 heteroatoms. The molecule has 1 saturated heterocycles. The molecule has 3 rings (SSSR count). The molecule has 0 aliphatic carbocycles. The van der Waals surface area contributed by atoms with Gasteiger partial charge in [0.05, 0.1) is 6.04 Å². The van der Waals surface area contributed by atoms with E-state index in [4.69, 9.17) is 0 Å². The highest BCUT2D eigenvalue weighted by Crippen LogP contribution is 2.22. The Morgan fingerprint density at radius 2 is 1.88 bits per heavy atom. The van der Waals surface area contributed by atoms with Crippen LogP contribution >= 0.6 is 0 Å². The summed E-state index contributed by atoms with van der Waals surface area (Å²) in [7, 11) is 0. The van der Waals surface area contributed by atoms with Crippen molar-refractivity contribution in [3.05, 3.63) is 59.9 Å². The van der Waals surface area contributed by atoms with Gasteiger partial charge in [-0.15, -0.1) is 0 Å². The lowest BCUT2D eigenvalue weighted by molar-refractivity contribution is -0.117. The van der Waals surface area contributed by atoms with Gasteiger partial charge in [-0.1, -0.05) is 6.07 Å². The molecule has 26 heavy (non-hydrogen) atoms. The normalized spacial score (nSPS) is 16.5. The minimum Gasteiger partial charge on any atom is -0.333 e. The number of hydrogen-bond acceptors (Lipinski definition) is 3. The number of nitrogens with zero attached hydrogens (tertiary/aromatic N) is 1. The van der Waals surface area contributed by atoms with Crippen LogP contribution in [0.3, 0.4) is 0 Å². The number of rotatable bonds is 4. The summed E-state index contributed by atoms with van der Waals surface area (Å²) in [6.45, 7) is 1.75. The highest BCUT2D eigenvalue weighted by atomic mass is 19.1. The lowest BCUT2D eigenvalue weighted by atomic mass is 10.1. The molecule has 0 saturated carbocycles. The van der Waals surface area contributed by atoms with Crippen LogP contribution in [0.25, 0.3) is 0 Å². The third-order valence-corrected chi connectivity index (χ3v) is 4.13. The average molecular weight is 355 g/mol. The van der Waals surface area contributed by atoms with E-state index in [1.807, 2.05) is 0 Å². The Morgan fingerprint density at radius 3 is 2.54 bits per heavy atom. The van der Waals surface area contributed by atoms with Crippen LogP contribution in [0.5, 0.6) is 0 Å². The highest BCUT2D eigenvalue weighted by Gasteiger charge is 2.31. The van der Waals surface area contributed by atoms with Crippen molar-refractivity contribution in [2.75, 3.05) is 16.8 Å². The summed E-state index contributed by atoms with van der Waals surface area (Å²) in [5, 5.41) is 5.40. The summed E-state index contributed by atoms with van der Waals surface area (Å²) >= 11 is 0. The van der Waals surface area contributed by atoms with E-state index in [0.29, 0.717) is 16.9 Å². The summed E-state index contributed by atoms with van der Waals surface area (Å²) in [6, 6.07) is 11.5. The number of carbonyl (C=O) groups excluding carboxylic acids is 3. The lowest BCUT2D eigenvalue weighted by Gasteiger charge is -2.17. The topological polar surface area (TPSA) is 78.5 Å². The number of halogens is 1. The Hall–Kier alpha value is -3.22. The lowest BCUT2D eigenvalue weighted by Crippen LogP contribution is -2.39. The fourth-order valence-electron chi connectivity index (χ4n) is 2.84. The van der Waals surface area contributed by atoms with Crippen molar-refractivity contribution >= 4 is 29.1 Å².